The van der Waals surface area contributed by atoms with Crippen molar-refractivity contribution in [2.24, 2.45) is 11.8 Å². The van der Waals surface area contributed by atoms with Gasteiger partial charge in [0.15, 0.2) is 0 Å². The van der Waals surface area contributed by atoms with Gasteiger partial charge in [0.25, 0.3) is 0 Å². The summed E-state index contributed by atoms with van der Waals surface area (Å²) in [7, 11) is 0. The number of rotatable bonds is 4. The van der Waals surface area contributed by atoms with E-state index in [0.29, 0.717) is 5.92 Å². The van der Waals surface area contributed by atoms with Gasteiger partial charge < -0.3 is 9.32 Å². The second kappa shape index (κ2) is 12.9. The van der Waals surface area contributed by atoms with E-state index in [9.17, 15) is 0 Å². The van der Waals surface area contributed by atoms with E-state index >= 15 is 0 Å². The van der Waals surface area contributed by atoms with Crippen molar-refractivity contribution in [2.75, 3.05) is 4.90 Å². The van der Waals surface area contributed by atoms with E-state index in [2.05, 4.69) is 200 Å². The van der Waals surface area contributed by atoms with Gasteiger partial charge in [-0.25, -0.2) is 0 Å². The first kappa shape index (κ1) is 37.9. The van der Waals surface area contributed by atoms with Crippen LogP contribution in [0.25, 0.3) is 55.3 Å². The van der Waals surface area contributed by atoms with Crippen molar-refractivity contribution in [1.82, 2.24) is 0 Å². The molecule has 4 aliphatic rings. The average Bonchev–Trinajstić information content (AvgIpc) is 4.07. The summed E-state index contributed by atoms with van der Waals surface area (Å²) in [5, 5.41) is 2.37. The Morgan fingerprint density at radius 3 is 1.85 bits per heavy atom. The van der Waals surface area contributed by atoms with E-state index < -0.39 is 0 Å². The maximum absolute atomic E-state index is 6.80. The minimum Gasteiger partial charge on any atom is -0.456 e. The molecule has 2 bridgehead atoms. The van der Waals surface area contributed by atoms with Gasteiger partial charge in [-0.15, -0.1) is 0 Å². The largest absolute Gasteiger partial charge is 0.456 e. The highest BCUT2D eigenvalue weighted by atomic mass is 16.3. The number of anilines is 3. The molecule has 1 spiro atoms. The van der Waals surface area contributed by atoms with E-state index in [1.165, 1.54) is 115 Å². The highest BCUT2D eigenvalue weighted by molar-refractivity contribution is 6.08. The Hall–Kier alpha value is -5.86. The molecule has 4 aliphatic carbocycles. The van der Waals surface area contributed by atoms with Crippen molar-refractivity contribution in [3.63, 3.8) is 0 Å². The van der Waals surface area contributed by atoms with Gasteiger partial charge in [-0.2, -0.15) is 0 Å². The van der Waals surface area contributed by atoms with E-state index in [1.807, 2.05) is 0 Å². The molecular weight excluding hydrogens is 751 g/mol. The van der Waals surface area contributed by atoms with Gasteiger partial charge in [0, 0.05) is 44.1 Å². The summed E-state index contributed by atoms with van der Waals surface area (Å²) in [6, 6.07) is 53.8. The number of furan rings is 1. The van der Waals surface area contributed by atoms with Crippen molar-refractivity contribution in [3.05, 3.63) is 173 Å². The van der Waals surface area contributed by atoms with Crippen molar-refractivity contribution in [2.45, 2.75) is 103 Å². The Labute approximate surface area is 367 Å². The van der Waals surface area contributed by atoms with Gasteiger partial charge in [-0.05, 0) is 146 Å². The first-order valence-electron chi connectivity index (χ1n) is 23.1. The van der Waals surface area contributed by atoms with Gasteiger partial charge >= 0.3 is 0 Å². The molecule has 7 aromatic carbocycles. The number of fused-ring (bicyclic) bond motifs is 14. The molecule has 0 amide bonds. The molecule has 2 heteroatoms. The summed E-state index contributed by atoms with van der Waals surface area (Å²) >= 11 is 0. The quantitative estimate of drug-likeness (QED) is 0.176. The Morgan fingerprint density at radius 1 is 0.548 bits per heavy atom. The highest BCUT2D eigenvalue weighted by Gasteiger charge is 2.56. The van der Waals surface area contributed by atoms with Gasteiger partial charge in [0.05, 0.1) is 5.69 Å². The molecule has 8 aromatic rings. The van der Waals surface area contributed by atoms with Crippen LogP contribution < -0.4 is 4.90 Å². The standard InChI is InChI=1S/C60H57NO/c1-57(2,3)39-31-48-47-30-37(22-28-55(47)62-56(48)53(32-39)58(4,5)6)42-15-11-14-20-54(42)61(40-24-26-45-43-16-9-12-18-49(43)59(7,8)51(45)33-40)41-25-27-46-44-17-10-13-19-50(44)60(52(46)34-41)35-36-21-23-38(60)29-36/h9-20,22,24-28,30-34,36,38H,21,23,29,35H2,1-8H3. The van der Waals surface area contributed by atoms with Crippen LogP contribution in [0.2, 0.25) is 0 Å². The number of hydrogen-bond acceptors (Lipinski definition) is 2. The van der Waals surface area contributed by atoms with Crippen LogP contribution >= 0.6 is 0 Å². The molecule has 62 heavy (non-hydrogen) atoms. The molecule has 1 heterocycles. The number of hydrogen-bond donors (Lipinski definition) is 0. The van der Waals surface area contributed by atoms with E-state index in [1.54, 1.807) is 5.56 Å². The number of nitrogens with zero attached hydrogens (tertiary/aromatic N) is 1. The second-order valence-corrected chi connectivity index (χ2v) is 21.8. The maximum atomic E-state index is 6.80. The lowest BCUT2D eigenvalue weighted by Crippen LogP contribution is -2.32. The molecule has 2 saturated carbocycles. The first-order valence-corrected chi connectivity index (χ1v) is 23.1. The first-order chi connectivity index (χ1) is 29.7. The summed E-state index contributed by atoms with van der Waals surface area (Å²) < 4.78 is 6.80. The monoisotopic (exact) mass is 807 g/mol. The molecule has 3 atom stereocenters. The van der Waals surface area contributed by atoms with Crippen LogP contribution in [0.4, 0.5) is 17.1 Å². The van der Waals surface area contributed by atoms with E-state index in [4.69, 9.17) is 4.42 Å². The molecule has 12 rings (SSSR count). The lowest BCUT2D eigenvalue weighted by Gasteiger charge is -2.37. The molecule has 0 aliphatic heterocycles. The third-order valence-corrected chi connectivity index (χ3v) is 15.8. The Morgan fingerprint density at radius 2 is 1.18 bits per heavy atom. The SMILES string of the molecule is CC(C)(C)c1cc(C(C)(C)C)c2oc3ccc(-c4ccccc4N(c4ccc5c(c4)C(C)(C)c4ccccc4-5)c4ccc5c(c4)C4(CC6CCC4C6)c4ccccc4-5)cc3c2c1. The lowest BCUT2D eigenvalue weighted by molar-refractivity contribution is 0.327. The molecule has 1 aromatic heterocycles. The van der Waals surface area contributed by atoms with Crippen LogP contribution in [0.15, 0.2) is 144 Å². The zero-order valence-corrected chi connectivity index (χ0v) is 37.6. The highest BCUT2D eigenvalue weighted by Crippen LogP contribution is 2.66. The molecule has 0 saturated heterocycles. The van der Waals surface area contributed by atoms with Gasteiger partial charge in [-0.3, -0.25) is 0 Å². The minimum atomic E-state index is -0.120. The summed E-state index contributed by atoms with van der Waals surface area (Å²) in [5.41, 5.74) is 21.9. The normalized spacial score (nSPS) is 20.5. The lowest BCUT2D eigenvalue weighted by atomic mass is 9.67. The van der Waals surface area contributed by atoms with Crippen molar-refractivity contribution in [3.8, 4) is 33.4 Å². The number of benzene rings is 7. The molecule has 3 unspecified atom stereocenters. The van der Waals surface area contributed by atoms with Gasteiger partial charge in [0.2, 0.25) is 0 Å². The van der Waals surface area contributed by atoms with Crippen LogP contribution in [0.3, 0.4) is 0 Å². The molecule has 2 nitrogen and oxygen atoms in total. The predicted molar refractivity (Wildman–Crippen MR) is 260 cm³/mol. The van der Waals surface area contributed by atoms with Gasteiger partial charge in [0.1, 0.15) is 11.2 Å². The zero-order valence-electron chi connectivity index (χ0n) is 37.6. The molecular formula is C60H57NO. The van der Waals surface area contributed by atoms with Crippen LogP contribution in [0.5, 0.6) is 0 Å². The third-order valence-electron chi connectivity index (χ3n) is 15.8. The van der Waals surface area contributed by atoms with Crippen LogP contribution in [0.1, 0.15) is 114 Å². The Balaban J connectivity index is 1.08. The third kappa shape index (κ3) is 5.28. The fourth-order valence-corrected chi connectivity index (χ4v) is 12.7. The Bertz CT molecular complexity index is 3160. The van der Waals surface area contributed by atoms with E-state index in [0.717, 1.165) is 17.1 Å². The van der Waals surface area contributed by atoms with Crippen LogP contribution in [-0.2, 0) is 21.7 Å². The average molecular weight is 808 g/mol. The van der Waals surface area contributed by atoms with Crippen LogP contribution in [-0.4, -0.2) is 0 Å². The molecule has 308 valence electrons. The maximum Gasteiger partial charge on any atom is 0.139 e. The minimum absolute atomic E-state index is 0.00212. The second-order valence-electron chi connectivity index (χ2n) is 21.8. The summed E-state index contributed by atoms with van der Waals surface area (Å²) in [4.78, 5) is 2.58. The molecule has 2 fully saturated rings. The predicted octanol–water partition coefficient (Wildman–Crippen LogP) is 16.7. The fraction of sp³-hybridized carbons (Fsp3) is 0.300. The van der Waals surface area contributed by atoms with Crippen molar-refractivity contribution < 1.29 is 4.42 Å². The van der Waals surface area contributed by atoms with E-state index in [-0.39, 0.29) is 21.7 Å². The zero-order chi connectivity index (χ0) is 42.5. The molecule has 0 radical (unpaired) electrons. The number of para-hydroxylation sites is 1. The summed E-state index contributed by atoms with van der Waals surface area (Å²) in [6.45, 7) is 18.6. The topological polar surface area (TPSA) is 16.4 Å². The smallest absolute Gasteiger partial charge is 0.139 e. The summed E-state index contributed by atoms with van der Waals surface area (Å²) in [5.74, 6) is 1.51. The van der Waals surface area contributed by atoms with Crippen molar-refractivity contribution >= 4 is 39.0 Å². The molecule has 0 N–H and O–H groups in total. The van der Waals surface area contributed by atoms with Crippen LogP contribution in [0, 0.1) is 11.8 Å². The Kier molecular flexibility index (Phi) is 7.85. The fourth-order valence-electron chi connectivity index (χ4n) is 12.7. The summed E-state index contributed by atoms with van der Waals surface area (Å²) in [6.07, 6.45) is 5.32. The van der Waals surface area contributed by atoms with Gasteiger partial charge in [-0.1, -0.05) is 153 Å². The van der Waals surface area contributed by atoms with Crippen molar-refractivity contribution in [1.29, 1.82) is 0 Å².